The van der Waals surface area contributed by atoms with Crippen molar-refractivity contribution in [3.05, 3.63) is 83.0 Å². The standard InChI is InChI=1S/C25H24N4O3/c30-23-9-8-21-22(10-12-26-24(21)28-23)32-20-7-6-18-11-13-29(16-19(18)14-20)25(31)27-15-17-4-2-1-3-5-17/h1-7,10,12,14H,8-9,11,13,15-16H2,(H,27,31)(H,26,28,30). The number of anilines is 1. The maximum Gasteiger partial charge on any atom is 0.317 e. The number of nitrogens with one attached hydrogen (secondary N) is 2. The Morgan fingerprint density at radius 2 is 1.94 bits per heavy atom. The molecule has 3 aromatic rings. The van der Waals surface area contributed by atoms with Gasteiger partial charge in [-0.05, 0) is 47.7 Å². The molecule has 32 heavy (non-hydrogen) atoms. The topological polar surface area (TPSA) is 83.6 Å². The highest BCUT2D eigenvalue weighted by atomic mass is 16.5. The van der Waals surface area contributed by atoms with Gasteiger partial charge in [0.15, 0.2) is 0 Å². The number of carbonyl (C=O) groups is 2. The molecule has 2 aliphatic rings. The van der Waals surface area contributed by atoms with Gasteiger partial charge in [0.2, 0.25) is 5.91 Å². The van der Waals surface area contributed by atoms with Crippen LogP contribution >= 0.6 is 0 Å². The summed E-state index contributed by atoms with van der Waals surface area (Å²) in [6, 6.07) is 17.7. The number of nitrogens with zero attached hydrogens (tertiary/aromatic N) is 2. The smallest absolute Gasteiger partial charge is 0.317 e. The third kappa shape index (κ3) is 4.27. The first-order valence-electron chi connectivity index (χ1n) is 10.8. The van der Waals surface area contributed by atoms with E-state index in [9.17, 15) is 9.59 Å². The van der Waals surface area contributed by atoms with Crippen molar-refractivity contribution < 1.29 is 14.3 Å². The Kier molecular flexibility index (Phi) is 5.46. The fraction of sp³-hybridized carbons (Fsp3) is 0.240. The van der Waals surface area contributed by atoms with Crippen LogP contribution in [0.2, 0.25) is 0 Å². The van der Waals surface area contributed by atoms with Gasteiger partial charge in [-0.15, -0.1) is 0 Å². The Bertz CT molecular complexity index is 1160. The number of aromatic nitrogens is 1. The molecule has 7 nitrogen and oxygen atoms in total. The van der Waals surface area contributed by atoms with Gasteiger partial charge in [-0.1, -0.05) is 36.4 Å². The molecule has 0 radical (unpaired) electrons. The minimum absolute atomic E-state index is 0.0263. The van der Waals surface area contributed by atoms with E-state index >= 15 is 0 Å². The van der Waals surface area contributed by atoms with E-state index in [4.69, 9.17) is 4.74 Å². The van der Waals surface area contributed by atoms with Crippen molar-refractivity contribution in [2.45, 2.75) is 32.4 Å². The largest absolute Gasteiger partial charge is 0.457 e. The first kappa shape index (κ1) is 20.1. The van der Waals surface area contributed by atoms with Gasteiger partial charge in [-0.3, -0.25) is 4.79 Å². The maximum absolute atomic E-state index is 12.7. The molecule has 0 unspecified atom stereocenters. The second-order valence-corrected chi connectivity index (χ2v) is 8.03. The van der Waals surface area contributed by atoms with Crippen LogP contribution in [-0.2, 0) is 30.7 Å². The molecule has 3 heterocycles. The van der Waals surface area contributed by atoms with Crippen LogP contribution in [0.4, 0.5) is 10.6 Å². The third-order valence-corrected chi connectivity index (χ3v) is 5.86. The number of benzene rings is 2. The highest BCUT2D eigenvalue weighted by Gasteiger charge is 2.23. The molecule has 0 fully saturated rings. The van der Waals surface area contributed by atoms with Crippen molar-refractivity contribution >= 4 is 17.8 Å². The summed E-state index contributed by atoms with van der Waals surface area (Å²) >= 11 is 0. The molecule has 0 aliphatic carbocycles. The van der Waals surface area contributed by atoms with Gasteiger partial charge in [0.1, 0.15) is 17.3 Å². The van der Waals surface area contributed by atoms with E-state index in [1.807, 2.05) is 53.4 Å². The zero-order chi connectivity index (χ0) is 21.9. The predicted octanol–water partition coefficient (Wildman–Crippen LogP) is 4.03. The molecule has 3 amide bonds. The fourth-order valence-corrected chi connectivity index (χ4v) is 4.14. The first-order valence-corrected chi connectivity index (χ1v) is 10.8. The molecule has 2 aromatic carbocycles. The number of fused-ring (bicyclic) bond motifs is 2. The van der Waals surface area contributed by atoms with Crippen LogP contribution in [0.15, 0.2) is 60.8 Å². The van der Waals surface area contributed by atoms with Crippen molar-refractivity contribution in [3.8, 4) is 11.5 Å². The lowest BCUT2D eigenvalue weighted by molar-refractivity contribution is -0.116. The Labute approximate surface area is 186 Å². The minimum atomic E-state index is -0.0650. The third-order valence-electron chi connectivity index (χ3n) is 5.86. The van der Waals surface area contributed by atoms with Gasteiger partial charge in [-0.25, -0.2) is 9.78 Å². The summed E-state index contributed by atoms with van der Waals surface area (Å²) in [6.07, 6.45) is 3.47. The van der Waals surface area contributed by atoms with Gasteiger partial charge in [0.05, 0.1) is 0 Å². The average molecular weight is 428 g/mol. The van der Waals surface area contributed by atoms with E-state index in [1.54, 1.807) is 6.20 Å². The minimum Gasteiger partial charge on any atom is -0.457 e. The fourth-order valence-electron chi connectivity index (χ4n) is 4.14. The number of hydrogen-bond donors (Lipinski definition) is 2. The molecule has 2 N–H and O–H groups in total. The number of carbonyl (C=O) groups excluding carboxylic acids is 2. The molecule has 0 saturated heterocycles. The molecule has 0 saturated carbocycles. The van der Waals surface area contributed by atoms with Crippen molar-refractivity contribution in [3.63, 3.8) is 0 Å². The van der Waals surface area contributed by atoms with Crippen LogP contribution < -0.4 is 15.4 Å². The maximum atomic E-state index is 12.7. The summed E-state index contributed by atoms with van der Waals surface area (Å²) in [4.78, 5) is 30.4. The first-order chi connectivity index (χ1) is 15.7. The number of rotatable bonds is 4. The average Bonchev–Trinajstić information content (AvgIpc) is 2.82. The van der Waals surface area contributed by atoms with Crippen LogP contribution in [0.1, 0.15) is 28.7 Å². The monoisotopic (exact) mass is 428 g/mol. The van der Waals surface area contributed by atoms with E-state index in [0.717, 1.165) is 23.1 Å². The zero-order valence-corrected chi connectivity index (χ0v) is 17.6. The molecule has 7 heteroatoms. The van der Waals surface area contributed by atoms with Crippen molar-refractivity contribution in [2.24, 2.45) is 0 Å². The zero-order valence-electron chi connectivity index (χ0n) is 17.6. The van der Waals surface area contributed by atoms with Crippen molar-refractivity contribution in [1.29, 1.82) is 0 Å². The van der Waals surface area contributed by atoms with E-state index < -0.39 is 0 Å². The summed E-state index contributed by atoms with van der Waals surface area (Å²) in [5.74, 6) is 1.95. The molecular formula is C25H24N4O3. The summed E-state index contributed by atoms with van der Waals surface area (Å²) in [5, 5.41) is 5.80. The second-order valence-electron chi connectivity index (χ2n) is 8.03. The van der Waals surface area contributed by atoms with Crippen LogP contribution in [-0.4, -0.2) is 28.4 Å². The molecular weight excluding hydrogens is 404 g/mol. The molecule has 0 atom stereocenters. The lowest BCUT2D eigenvalue weighted by Crippen LogP contribution is -2.42. The van der Waals surface area contributed by atoms with Gasteiger partial charge >= 0.3 is 6.03 Å². The SMILES string of the molecule is O=C1CCc2c(Oc3ccc4c(c3)CN(C(=O)NCc3ccccc3)CC4)ccnc2N1. The molecule has 5 rings (SSSR count). The Morgan fingerprint density at radius 3 is 2.81 bits per heavy atom. The predicted molar refractivity (Wildman–Crippen MR) is 120 cm³/mol. The quantitative estimate of drug-likeness (QED) is 0.657. The summed E-state index contributed by atoms with van der Waals surface area (Å²) < 4.78 is 6.17. The number of amides is 3. The lowest BCUT2D eigenvalue weighted by atomic mass is 9.99. The van der Waals surface area contributed by atoms with Gasteiger partial charge in [0.25, 0.3) is 0 Å². The number of pyridine rings is 1. The summed E-state index contributed by atoms with van der Waals surface area (Å²) in [6.45, 7) is 1.74. The summed E-state index contributed by atoms with van der Waals surface area (Å²) in [7, 11) is 0. The Balaban J connectivity index is 1.28. The van der Waals surface area contributed by atoms with Crippen LogP contribution in [0.3, 0.4) is 0 Å². The molecule has 162 valence electrons. The highest BCUT2D eigenvalue weighted by Crippen LogP contribution is 2.34. The van der Waals surface area contributed by atoms with E-state index in [-0.39, 0.29) is 11.9 Å². The van der Waals surface area contributed by atoms with Crippen molar-refractivity contribution in [1.82, 2.24) is 15.2 Å². The molecule has 1 aromatic heterocycles. The van der Waals surface area contributed by atoms with E-state index in [1.165, 1.54) is 5.56 Å². The second kappa shape index (κ2) is 8.70. The lowest BCUT2D eigenvalue weighted by Gasteiger charge is -2.29. The van der Waals surface area contributed by atoms with Gasteiger partial charge in [0, 0.05) is 37.8 Å². The van der Waals surface area contributed by atoms with Gasteiger partial charge in [-0.2, -0.15) is 0 Å². The Morgan fingerprint density at radius 1 is 1.06 bits per heavy atom. The molecule has 2 aliphatic heterocycles. The van der Waals surface area contributed by atoms with Crippen LogP contribution in [0.5, 0.6) is 11.5 Å². The van der Waals surface area contributed by atoms with Crippen molar-refractivity contribution in [2.75, 3.05) is 11.9 Å². The van der Waals surface area contributed by atoms with Gasteiger partial charge < -0.3 is 20.3 Å². The normalized spacial score (nSPS) is 14.8. The van der Waals surface area contributed by atoms with E-state index in [0.29, 0.717) is 49.8 Å². The molecule has 0 spiro atoms. The number of urea groups is 1. The summed E-state index contributed by atoms with van der Waals surface area (Å²) in [5.41, 5.74) is 4.30. The van der Waals surface area contributed by atoms with Crippen LogP contribution in [0.25, 0.3) is 0 Å². The van der Waals surface area contributed by atoms with Crippen LogP contribution in [0, 0.1) is 0 Å². The molecule has 0 bridgehead atoms. The highest BCUT2D eigenvalue weighted by molar-refractivity contribution is 5.93. The van der Waals surface area contributed by atoms with E-state index in [2.05, 4.69) is 21.7 Å². The number of hydrogen-bond acceptors (Lipinski definition) is 4. The number of ether oxygens (including phenoxy) is 1. The Hall–Kier alpha value is -3.87.